The lowest BCUT2D eigenvalue weighted by atomic mass is 10.1. The Morgan fingerprint density at radius 2 is 2.00 bits per heavy atom. The van der Waals surface area contributed by atoms with E-state index in [2.05, 4.69) is 11.1 Å². The smallest absolute Gasteiger partial charge is 0.268 e. The van der Waals surface area contributed by atoms with Gasteiger partial charge in [-0.05, 0) is 85.5 Å². The van der Waals surface area contributed by atoms with Crippen LogP contribution in [-0.4, -0.2) is 39.6 Å². The maximum absolute atomic E-state index is 13.8. The number of rotatable bonds is 6. The van der Waals surface area contributed by atoms with Gasteiger partial charge in [0, 0.05) is 38.3 Å². The summed E-state index contributed by atoms with van der Waals surface area (Å²) in [5, 5.41) is 0. The first-order valence-electron chi connectivity index (χ1n) is 11.7. The number of aromatic nitrogens is 2. The summed E-state index contributed by atoms with van der Waals surface area (Å²) in [6.45, 7) is 3.44. The van der Waals surface area contributed by atoms with Crippen molar-refractivity contribution in [1.82, 2.24) is 14.5 Å². The van der Waals surface area contributed by atoms with Gasteiger partial charge in [-0.2, -0.15) is 0 Å². The van der Waals surface area contributed by atoms with Gasteiger partial charge in [0.15, 0.2) is 0 Å². The van der Waals surface area contributed by atoms with E-state index in [1.807, 2.05) is 37.3 Å². The molecule has 0 saturated carbocycles. The number of pyridine rings is 2. The minimum Gasteiger partial charge on any atom is -0.376 e. The monoisotopic (exact) mass is 443 g/mol. The average Bonchev–Trinajstić information content (AvgIpc) is 3.51. The molecular weight excluding hydrogens is 414 g/mol. The number of carbonyl (C=O) groups excluding carboxylic acids is 1. The molecule has 0 radical (unpaired) electrons. The highest BCUT2D eigenvalue weighted by Crippen LogP contribution is 2.27. The third-order valence-corrected chi connectivity index (χ3v) is 6.75. The fourth-order valence-electron chi connectivity index (χ4n) is 5.02. The van der Waals surface area contributed by atoms with Crippen LogP contribution in [0.4, 0.5) is 0 Å². The molecule has 0 spiro atoms. The molecule has 33 heavy (non-hydrogen) atoms. The van der Waals surface area contributed by atoms with Gasteiger partial charge >= 0.3 is 0 Å². The van der Waals surface area contributed by atoms with Gasteiger partial charge in [0.1, 0.15) is 5.56 Å². The first-order valence-corrected chi connectivity index (χ1v) is 11.7. The predicted octanol–water partition coefficient (Wildman–Crippen LogP) is 3.85. The molecule has 1 aromatic carbocycles. The highest BCUT2D eigenvalue weighted by atomic mass is 16.5. The Kier molecular flexibility index (Phi) is 6.09. The van der Waals surface area contributed by atoms with Crippen molar-refractivity contribution in [3.63, 3.8) is 0 Å². The lowest BCUT2D eigenvalue weighted by Crippen LogP contribution is -2.40. The topological polar surface area (TPSA) is 64.4 Å². The number of amides is 1. The summed E-state index contributed by atoms with van der Waals surface area (Å²) < 4.78 is 7.48. The molecule has 6 nitrogen and oxygen atoms in total. The van der Waals surface area contributed by atoms with Gasteiger partial charge in [0.05, 0.1) is 11.8 Å². The summed E-state index contributed by atoms with van der Waals surface area (Å²) in [6.07, 6.45) is 10.3. The fraction of sp³-hybridized carbons (Fsp3) is 0.370. The van der Waals surface area contributed by atoms with Crippen LogP contribution in [0.3, 0.4) is 0 Å². The molecular formula is C27H29N3O3. The third-order valence-electron chi connectivity index (χ3n) is 6.75. The molecule has 0 bridgehead atoms. The standard InChI is InChI=1S/C27H29N3O3/c1-19-12-15-30(24-9-3-6-21-5-2-8-23(21)24)27(32)25(19)26(31)29(18-22-7-4-16-33-22)17-20-10-13-28-14-11-20/h3,6,9-15,22H,2,4-5,7-8,16-18H2,1H3. The molecule has 170 valence electrons. The van der Waals surface area contributed by atoms with Crippen LogP contribution in [0.25, 0.3) is 5.69 Å². The van der Waals surface area contributed by atoms with Gasteiger partial charge in [-0.15, -0.1) is 0 Å². The lowest BCUT2D eigenvalue weighted by molar-refractivity contribution is 0.0505. The molecule has 0 N–H and O–H groups in total. The molecule has 1 atom stereocenters. The van der Waals surface area contributed by atoms with Gasteiger partial charge in [-0.25, -0.2) is 0 Å². The number of fused-ring (bicyclic) bond motifs is 1. The lowest BCUT2D eigenvalue weighted by Gasteiger charge is -2.26. The Morgan fingerprint density at radius 3 is 2.79 bits per heavy atom. The summed E-state index contributed by atoms with van der Waals surface area (Å²) in [5.74, 6) is -0.244. The second-order valence-electron chi connectivity index (χ2n) is 8.99. The van der Waals surface area contributed by atoms with E-state index in [0.29, 0.717) is 18.7 Å². The van der Waals surface area contributed by atoms with Gasteiger partial charge in [0.2, 0.25) is 0 Å². The SMILES string of the molecule is Cc1ccn(-c2cccc3c2CCC3)c(=O)c1C(=O)N(Cc1ccncc1)CC1CCCO1. The van der Waals surface area contributed by atoms with E-state index < -0.39 is 0 Å². The summed E-state index contributed by atoms with van der Waals surface area (Å²) in [5.41, 5.74) is 5.06. The van der Waals surface area contributed by atoms with Crippen LogP contribution in [0.2, 0.25) is 0 Å². The number of hydrogen-bond donors (Lipinski definition) is 0. The summed E-state index contributed by atoms with van der Waals surface area (Å²) in [7, 11) is 0. The first kappa shape index (κ1) is 21.6. The number of carbonyl (C=O) groups is 1. The second-order valence-corrected chi connectivity index (χ2v) is 8.99. The summed E-state index contributed by atoms with van der Waals surface area (Å²) >= 11 is 0. The molecule has 1 saturated heterocycles. The Morgan fingerprint density at radius 1 is 1.15 bits per heavy atom. The van der Waals surface area contributed by atoms with Crippen molar-refractivity contribution in [3.8, 4) is 5.69 Å². The van der Waals surface area contributed by atoms with E-state index in [-0.39, 0.29) is 23.1 Å². The van der Waals surface area contributed by atoms with Gasteiger partial charge in [-0.3, -0.25) is 19.1 Å². The van der Waals surface area contributed by atoms with Crippen molar-refractivity contribution in [2.45, 2.75) is 51.7 Å². The number of ether oxygens (including phenoxy) is 1. The van der Waals surface area contributed by atoms with Crippen molar-refractivity contribution in [2.24, 2.45) is 0 Å². The average molecular weight is 444 g/mol. The Bertz CT molecular complexity index is 1210. The van der Waals surface area contributed by atoms with E-state index in [1.165, 1.54) is 11.1 Å². The minimum absolute atomic E-state index is 0.000534. The summed E-state index contributed by atoms with van der Waals surface area (Å²) in [4.78, 5) is 33.4. The molecule has 1 unspecified atom stereocenters. The van der Waals surface area contributed by atoms with Gasteiger partial charge in [-0.1, -0.05) is 12.1 Å². The molecule has 5 rings (SSSR count). The van der Waals surface area contributed by atoms with Crippen molar-refractivity contribution in [1.29, 1.82) is 0 Å². The maximum atomic E-state index is 13.8. The Labute approximate surface area is 193 Å². The molecule has 1 aliphatic carbocycles. The molecule has 1 fully saturated rings. The number of aryl methyl sites for hydroxylation is 2. The van der Waals surface area contributed by atoms with Crippen molar-refractivity contribution in [3.05, 3.63) is 93.2 Å². The van der Waals surface area contributed by atoms with Crippen LogP contribution < -0.4 is 5.56 Å². The highest BCUT2D eigenvalue weighted by Gasteiger charge is 2.27. The maximum Gasteiger partial charge on any atom is 0.268 e. The summed E-state index contributed by atoms with van der Waals surface area (Å²) in [6, 6.07) is 11.8. The van der Waals surface area contributed by atoms with Crippen LogP contribution in [0, 0.1) is 6.92 Å². The molecule has 6 heteroatoms. The molecule has 1 amide bonds. The van der Waals surface area contributed by atoms with E-state index in [9.17, 15) is 9.59 Å². The zero-order valence-electron chi connectivity index (χ0n) is 19.0. The van der Waals surface area contributed by atoms with Crippen molar-refractivity contribution in [2.75, 3.05) is 13.2 Å². The van der Waals surface area contributed by atoms with E-state index in [4.69, 9.17) is 4.74 Å². The van der Waals surface area contributed by atoms with Crippen molar-refractivity contribution < 1.29 is 9.53 Å². The molecule has 3 heterocycles. The number of nitrogens with zero attached hydrogens (tertiary/aromatic N) is 3. The largest absolute Gasteiger partial charge is 0.376 e. The zero-order valence-corrected chi connectivity index (χ0v) is 19.0. The zero-order chi connectivity index (χ0) is 22.8. The highest BCUT2D eigenvalue weighted by molar-refractivity contribution is 5.95. The Balaban J connectivity index is 1.53. The van der Waals surface area contributed by atoms with Crippen LogP contribution in [-0.2, 0) is 24.1 Å². The normalized spacial score (nSPS) is 17.2. The Hall–Kier alpha value is -3.25. The van der Waals surface area contributed by atoms with Crippen LogP contribution in [0.15, 0.2) is 59.8 Å². The predicted molar refractivity (Wildman–Crippen MR) is 127 cm³/mol. The van der Waals surface area contributed by atoms with E-state index in [1.54, 1.807) is 28.1 Å². The molecule has 1 aliphatic heterocycles. The van der Waals surface area contributed by atoms with Crippen molar-refractivity contribution >= 4 is 5.91 Å². The molecule has 2 aliphatic rings. The van der Waals surface area contributed by atoms with Crippen LogP contribution >= 0.6 is 0 Å². The molecule has 2 aromatic heterocycles. The van der Waals surface area contributed by atoms with Gasteiger partial charge < -0.3 is 9.64 Å². The minimum atomic E-state index is -0.257. The number of hydrogen-bond acceptors (Lipinski definition) is 4. The van der Waals surface area contributed by atoms with Gasteiger partial charge in [0.25, 0.3) is 11.5 Å². The quantitative estimate of drug-likeness (QED) is 0.581. The van der Waals surface area contributed by atoms with Crippen LogP contribution in [0.1, 0.15) is 51.9 Å². The van der Waals surface area contributed by atoms with Crippen LogP contribution in [0.5, 0.6) is 0 Å². The molecule has 3 aromatic rings. The van der Waals surface area contributed by atoms with E-state index >= 15 is 0 Å². The third kappa shape index (κ3) is 4.35. The fourth-order valence-corrected chi connectivity index (χ4v) is 5.02. The first-order chi connectivity index (χ1) is 16.1. The number of benzene rings is 1. The second kappa shape index (κ2) is 9.32. The van der Waals surface area contributed by atoms with E-state index in [0.717, 1.165) is 50.0 Å².